The summed E-state index contributed by atoms with van der Waals surface area (Å²) in [6.45, 7) is 2.54. The van der Waals surface area contributed by atoms with Crippen molar-refractivity contribution in [2.75, 3.05) is 30.8 Å². The Balaban J connectivity index is 1.67. The molecule has 0 radical (unpaired) electrons. The fourth-order valence-corrected chi connectivity index (χ4v) is 2.22. The van der Waals surface area contributed by atoms with Crippen molar-refractivity contribution in [2.45, 2.75) is 12.8 Å². The fourth-order valence-electron chi connectivity index (χ4n) is 2.22. The summed E-state index contributed by atoms with van der Waals surface area (Å²) in [7, 11) is 0. The first kappa shape index (κ1) is 11.3. The summed E-state index contributed by atoms with van der Waals surface area (Å²) in [4.78, 5) is 4.36. The van der Waals surface area contributed by atoms with Gasteiger partial charge in [0.15, 0.2) is 5.58 Å². The minimum absolute atomic E-state index is 0.541. The van der Waals surface area contributed by atoms with Gasteiger partial charge in [0.25, 0.3) is 6.01 Å². The first-order valence-corrected chi connectivity index (χ1v) is 6.29. The third-order valence-corrected chi connectivity index (χ3v) is 3.21. The van der Waals surface area contributed by atoms with E-state index >= 15 is 0 Å². The Hall–Kier alpha value is -1.75. The Morgan fingerprint density at radius 1 is 1.44 bits per heavy atom. The van der Waals surface area contributed by atoms with Crippen LogP contribution in [-0.4, -0.2) is 24.7 Å². The van der Waals surface area contributed by atoms with Gasteiger partial charge in [0.05, 0.1) is 6.61 Å². The molecular formula is C13H17N3O2. The van der Waals surface area contributed by atoms with Crippen LogP contribution in [0.2, 0.25) is 0 Å². The number of benzene rings is 1. The molecule has 2 aromatic rings. The van der Waals surface area contributed by atoms with Crippen molar-refractivity contribution in [1.29, 1.82) is 0 Å². The number of aromatic nitrogens is 1. The summed E-state index contributed by atoms with van der Waals surface area (Å²) in [6, 6.07) is 6.03. The lowest BCUT2D eigenvalue weighted by molar-refractivity contribution is 0.0593. The lowest BCUT2D eigenvalue weighted by Gasteiger charge is -2.21. The predicted molar refractivity (Wildman–Crippen MR) is 70.5 cm³/mol. The topological polar surface area (TPSA) is 73.3 Å². The van der Waals surface area contributed by atoms with Crippen LogP contribution >= 0.6 is 0 Å². The van der Waals surface area contributed by atoms with E-state index in [1.165, 1.54) is 6.42 Å². The molecule has 3 rings (SSSR count). The van der Waals surface area contributed by atoms with Crippen LogP contribution in [0.4, 0.5) is 11.7 Å². The quantitative estimate of drug-likeness (QED) is 0.814. The van der Waals surface area contributed by atoms with Crippen molar-refractivity contribution in [3.05, 3.63) is 18.2 Å². The largest absolute Gasteiger partial charge is 0.423 e. The molecule has 5 heteroatoms. The molecule has 1 atom stereocenters. The number of nitrogens with zero attached hydrogens (tertiary/aromatic N) is 1. The van der Waals surface area contributed by atoms with Crippen LogP contribution in [0.1, 0.15) is 12.8 Å². The highest BCUT2D eigenvalue weighted by molar-refractivity contribution is 5.78. The highest BCUT2D eigenvalue weighted by atomic mass is 16.5. The molecule has 5 nitrogen and oxygen atoms in total. The van der Waals surface area contributed by atoms with Crippen LogP contribution in [0, 0.1) is 5.92 Å². The average Bonchev–Trinajstić information content (AvgIpc) is 2.79. The molecular weight excluding hydrogens is 230 g/mol. The van der Waals surface area contributed by atoms with Gasteiger partial charge in [-0.1, -0.05) is 0 Å². The predicted octanol–water partition coefficient (Wildman–Crippen LogP) is 2.25. The molecule has 18 heavy (non-hydrogen) atoms. The number of nitrogens with two attached hydrogens (primary N) is 1. The Morgan fingerprint density at radius 3 is 3.22 bits per heavy atom. The van der Waals surface area contributed by atoms with Crippen molar-refractivity contribution in [3.8, 4) is 0 Å². The summed E-state index contributed by atoms with van der Waals surface area (Å²) in [5.74, 6) is 0.541. The van der Waals surface area contributed by atoms with Crippen LogP contribution < -0.4 is 11.1 Å². The van der Waals surface area contributed by atoms with Crippen molar-refractivity contribution >= 4 is 22.8 Å². The number of ether oxygens (including phenoxy) is 1. The van der Waals surface area contributed by atoms with Gasteiger partial charge >= 0.3 is 0 Å². The van der Waals surface area contributed by atoms with Gasteiger partial charge in [0, 0.05) is 24.9 Å². The van der Waals surface area contributed by atoms with E-state index in [9.17, 15) is 0 Å². The summed E-state index contributed by atoms with van der Waals surface area (Å²) in [5, 5.41) is 3.22. The van der Waals surface area contributed by atoms with Crippen LogP contribution in [0.3, 0.4) is 0 Å². The normalized spacial score (nSPS) is 20.1. The Labute approximate surface area is 105 Å². The first-order valence-electron chi connectivity index (χ1n) is 6.29. The van der Waals surface area contributed by atoms with Crippen LogP contribution in [0.15, 0.2) is 22.6 Å². The maximum Gasteiger partial charge on any atom is 0.295 e. The van der Waals surface area contributed by atoms with Gasteiger partial charge in [-0.15, -0.1) is 0 Å². The van der Waals surface area contributed by atoms with E-state index in [1.807, 2.05) is 12.1 Å². The van der Waals surface area contributed by atoms with Crippen LogP contribution in [0.25, 0.3) is 11.1 Å². The van der Waals surface area contributed by atoms with Gasteiger partial charge < -0.3 is 20.2 Å². The highest BCUT2D eigenvalue weighted by Gasteiger charge is 2.14. The van der Waals surface area contributed by atoms with E-state index in [2.05, 4.69) is 10.3 Å². The minimum atomic E-state index is 0.541. The zero-order valence-corrected chi connectivity index (χ0v) is 10.2. The maximum atomic E-state index is 5.70. The van der Waals surface area contributed by atoms with Crippen molar-refractivity contribution in [3.63, 3.8) is 0 Å². The molecule has 1 aromatic carbocycles. The van der Waals surface area contributed by atoms with E-state index in [0.717, 1.165) is 37.3 Å². The molecule has 0 spiro atoms. The van der Waals surface area contributed by atoms with E-state index in [4.69, 9.17) is 14.9 Å². The number of nitrogens with one attached hydrogen (secondary N) is 1. The summed E-state index contributed by atoms with van der Waals surface area (Å²) in [5.41, 5.74) is 7.93. The molecule has 0 amide bonds. The monoisotopic (exact) mass is 247 g/mol. The molecule has 0 saturated carbocycles. The molecule has 1 aliphatic heterocycles. The third-order valence-electron chi connectivity index (χ3n) is 3.21. The first-order chi connectivity index (χ1) is 8.81. The second-order valence-corrected chi connectivity index (χ2v) is 4.71. The standard InChI is InChI=1S/C13H17N3O2/c14-10-3-4-11-12(6-10)18-13(16-11)15-7-9-2-1-5-17-8-9/h3-4,6,9H,1-2,5,7-8,14H2,(H,15,16). The number of fused-ring (bicyclic) bond motifs is 1. The number of oxazole rings is 1. The molecule has 3 N–H and O–H groups in total. The van der Waals surface area contributed by atoms with Crippen LogP contribution in [-0.2, 0) is 4.74 Å². The lowest BCUT2D eigenvalue weighted by atomic mass is 10.0. The second kappa shape index (κ2) is 4.86. The van der Waals surface area contributed by atoms with Gasteiger partial charge in [-0.3, -0.25) is 0 Å². The van der Waals surface area contributed by atoms with Gasteiger partial charge in [-0.25, -0.2) is 0 Å². The Morgan fingerprint density at radius 2 is 2.39 bits per heavy atom. The second-order valence-electron chi connectivity index (χ2n) is 4.71. The fraction of sp³-hybridized carbons (Fsp3) is 0.462. The molecule has 1 saturated heterocycles. The molecule has 1 aromatic heterocycles. The summed E-state index contributed by atoms with van der Waals surface area (Å²) < 4.78 is 11.0. The van der Waals surface area contributed by atoms with E-state index < -0.39 is 0 Å². The Kier molecular flexibility index (Phi) is 3.06. The molecule has 1 fully saturated rings. The summed E-state index contributed by atoms with van der Waals surface area (Å²) in [6.07, 6.45) is 2.33. The van der Waals surface area contributed by atoms with Gasteiger partial charge in [-0.05, 0) is 30.9 Å². The molecule has 2 heterocycles. The molecule has 1 unspecified atom stereocenters. The zero-order valence-electron chi connectivity index (χ0n) is 10.2. The van der Waals surface area contributed by atoms with Crippen LogP contribution in [0.5, 0.6) is 0 Å². The minimum Gasteiger partial charge on any atom is -0.423 e. The smallest absolute Gasteiger partial charge is 0.295 e. The SMILES string of the molecule is Nc1ccc2nc(NCC3CCCOC3)oc2c1. The van der Waals surface area contributed by atoms with Gasteiger partial charge in [0.1, 0.15) is 5.52 Å². The number of anilines is 2. The van der Waals surface area contributed by atoms with Gasteiger partial charge in [-0.2, -0.15) is 4.98 Å². The average molecular weight is 247 g/mol. The molecule has 96 valence electrons. The number of hydrogen-bond acceptors (Lipinski definition) is 5. The molecule has 1 aliphatic rings. The van der Waals surface area contributed by atoms with Crippen molar-refractivity contribution in [1.82, 2.24) is 4.98 Å². The zero-order chi connectivity index (χ0) is 12.4. The van der Waals surface area contributed by atoms with E-state index in [-0.39, 0.29) is 0 Å². The van der Waals surface area contributed by atoms with Crippen molar-refractivity contribution < 1.29 is 9.15 Å². The number of nitrogen functional groups attached to an aromatic ring is 1. The Bertz CT molecular complexity index is 532. The third kappa shape index (κ3) is 2.41. The molecule has 0 bridgehead atoms. The van der Waals surface area contributed by atoms with Crippen molar-refractivity contribution in [2.24, 2.45) is 5.92 Å². The highest BCUT2D eigenvalue weighted by Crippen LogP contribution is 2.22. The summed E-state index contributed by atoms with van der Waals surface area (Å²) >= 11 is 0. The lowest BCUT2D eigenvalue weighted by Crippen LogP contribution is -2.24. The number of hydrogen-bond donors (Lipinski definition) is 2. The van der Waals surface area contributed by atoms with E-state index in [1.54, 1.807) is 6.07 Å². The molecule has 0 aliphatic carbocycles. The van der Waals surface area contributed by atoms with E-state index in [0.29, 0.717) is 17.6 Å². The van der Waals surface area contributed by atoms with Gasteiger partial charge in [0.2, 0.25) is 0 Å². The maximum absolute atomic E-state index is 5.70. The number of rotatable bonds is 3.